The Labute approximate surface area is 156 Å². The van der Waals surface area contributed by atoms with E-state index >= 15 is 0 Å². The number of fused-ring (bicyclic) bond motifs is 1. The molecule has 0 saturated heterocycles. The lowest BCUT2D eigenvalue weighted by atomic mass is 10.3. The van der Waals surface area contributed by atoms with Crippen molar-refractivity contribution in [3.63, 3.8) is 0 Å². The third kappa shape index (κ3) is 4.98. The first kappa shape index (κ1) is 18.3. The van der Waals surface area contributed by atoms with E-state index in [1.54, 1.807) is 7.05 Å². The first-order valence-corrected chi connectivity index (χ1v) is 9.89. The molecule has 2 N–H and O–H groups in total. The standard InChI is InChI=1S/C19H23N3O3S/c1-20-19(21-10-13-26(23)16-6-3-2-4-7-16)22-15-8-9-17-18(14-15)25-12-5-11-24-17/h2-4,6-9,14H,5,10-13H2,1H3,(H2,20,21,22). The molecule has 1 unspecified atom stereocenters. The van der Waals surface area contributed by atoms with Crippen molar-refractivity contribution in [1.82, 2.24) is 5.32 Å². The van der Waals surface area contributed by atoms with E-state index in [0.29, 0.717) is 31.5 Å². The van der Waals surface area contributed by atoms with Crippen molar-refractivity contribution < 1.29 is 13.7 Å². The Balaban J connectivity index is 1.53. The number of rotatable bonds is 5. The molecule has 1 heterocycles. The van der Waals surface area contributed by atoms with Crippen LogP contribution in [0.1, 0.15) is 6.42 Å². The van der Waals surface area contributed by atoms with E-state index in [-0.39, 0.29) is 0 Å². The molecule has 0 aromatic heterocycles. The molecular formula is C19H23N3O3S. The number of aliphatic imine (C=N–C) groups is 1. The Morgan fingerprint density at radius 1 is 1.12 bits per heavy atom. The van der Waals surface area contributed by atoms with E-state index in [0.717, 1.165) is 28.5 Å². The van der Waals surface area contributed by atoms with Gasteiger partial charge in [0.25, 0.3) is 0 Å². The summed E-state index contributed by atoms with van der Waals surface area (Å²) in [5, 5.41) is 6.40. The van der Waals surface area contributed by atoms with Crippen LogP contribution in [0.3, 0.4) is 0 Å². The number of ether oxygens (including phenoxy) is 2. The zero-order valence-electron chi connectivity index (χ0n) is 14.7. The maximum atomic E-state index is 12.2. The Morgan fingerprint density at radius 3 is 2.65 bits per heavy atom. The molecule has 0 radical (unpaired) electrons. The van der Waals surface area contributed by atoms with E-state index in [1.807, 2.05) is 48.5 Å². The molecule has 138 valence electrons. The van der Waals surface area contributed by atoms with Crippen LogP contribution in [0, 0.1) is 0 Å². The minimum atomic E-state index is -1.03. The third-order valence-electron chi connectivity index (χ3n) is 3.82. The average molecular weight is 373 g/mol. The van der Waals surface area contributed by atoms with E-state index in [9.17, 15) is 4.21 Å². The molecule has 0 amide bonds. The molecule has 7 heteroatoms. The van der Waals surface area contributed by atoms with Gasteiger partial charge in [0.2, 0.25) is 0 Å². The summed E-state index contributed by atoms with van der Waals surface area (Å²) in [7, 11) is 0.667. The van der Waals surface area contributed by atoms with Gasteiger partial charge in [-0.1, -0.05) is 18.2 Å². The lowest BCUT2D eigenvalue weighted by molar-refractivity contribution is 0.297. The number of hydrogen-bond donors (Lipinski definition) is 2. The average Bonchev–Trinajstić information content (AvgIpc) is 2.92. The third-order valence-corrected chi connectivity index (χ3v) is 5.19. The maximum Gasteiger partial charge on any atom is 0.195 e. The van der Waals surface area contributed by atoms with Crippen LogP contribution in [-0.2, 0) is 10.8 Å². The smallest absolute Gasteiger partial charge is 0.195 e. The molecule has 26 heavy (non-hydrogen) atoms. The molecule has 6 nitrogen and oxygen atoms in total. The van der Waals surface area contributed by atoms with Crippen LogP contribution in [0.2, 0.25) is 0 Å². The Hall–Kier alpha value is -2.54. The van der Waals surface area contributed by atoms with Crippen LogP contribution in [0.4, 0.5) is 5.69 Å². The Morgan fingerprint density at radius 2 is 1.88 bits per heavy atom. The fourth-order valence-electron chi connectivity index (χ4n) is 2.51. The molecule has 1 aliphatic heterocycles. The molecule has 3 rings (SSSR count). The summed E-state index contributed by atoms with van der Waals surface area (Å²) in [5.41, 5.74) is 0.853. The van der Waals surface area contributed by atoms with Gasteiger partial charge in [0, 0.05) is 42.4 Å². The van der Waals surface area contributed by atoms with Crippen LogP contribution in [0.25, 0.3) is 0 Å². The van der Waals surface area contributed by atoms with Gasteiger partial charge >= 0.3 is 0 Å². The van der Waals surface area contributed by atoms with Crippen LogP contribution < -0.4 is 20.1 Å². The predicted molar refractivity (Wildman–Crippen MR) is 105 cm³/mol. The highest BCUT2D eigenvalue weighted by molar-refractivity contribution is 7.85. The van der Waals surface area contributed by atoms with Gasteiger partial charge in [-0.2, -0.15) is 0 Å². The van der Waals surface area contributed by atoms with Crippen LogP contribution >= 0.6 is 0 Å². The molecule has 0 spiro atoms. The van der Waals surface area contributed by atoms with Gasteiger partial charge in [0.1, 0.15) is 0 Å². The fourth-order valence-corrected chi connectivity index (χ4v) is 3.49. The molecule has 0 fully saturated rings. The van der Waals surface area contributed by atoms with E-state index in [4.69, 9.17) is 9.47 Å². The van der Waals surface area contributed by atoms with Gasteiger partial charge in [-0.3, -0.25) is 9.20 Å². The van der Waals surface area contributed by atoms with Crippen molar-refractivity contribution in [3.05, 3.63) is 48.5 Å². The van der Waals surface area contributed by atoms with Gasteiger partial charge in [-0.15, -0.1) is 0 Å². The van der Waals surface area contributed by atoms with Gasteiger partial charge in [0.15, 0.2) is 17.5 Å². The summed E-state index contributed by atoms with van der Waals surface area (Å²) >= 11 is 0. The molecule has 0 saturated carbocycles. The van der Waals surface area contributed by atoms with Crippen LogP contribution in [0.15, 0.2) is 58.4 Å². The molecular weight excluding hydrogens is 350 g/mol. The molecule has 2 aromatic rings. The number of hydrogen-bond acceptors (Lipinski definition) is 4. The highest BCUT2D eigenvalue weighted by Gasteiger charge is 2.11. The zero-order chi connectivity index (χ0) is 18.2. The lowest BCUT2D eigenvalue weighted by Crippen LogP contribution is -2.33. The number of guanidine groups is 1. The van der Waals surface area contributed by atoms with E-state index in [2.05, 4.69) is 15.6 Å². The SMILES string of the molecule is CN=C(NCCS(=O)c1ccccc1)Nc1ccc2c(c1)OCCCO2. The Kier molecular flexibility index (Phi) is 6.49. The second-order valence-corrected chi connectivity index (χ2v) is 7.27. The normalized spacial score (nSPS) is 15.0. The molecule has 0 bridgehead atoms. The first-order valence-electron chi connectivity index (χ1n) is 8.57. The number of anilines is 1. The topological polar surface area (TPSA) is 72.0 Å². The summed E-state index contributed by atoms with van der Waals surface area (Å²) in [6.07, 6.45) is 0.874. The van der Waals surface area contributed by atoms with Crippen molar-refractivity contribution in [2.75, 3.05) is 37.9 Å². The number of benzene rings is 2. The highest BCUT2D eigenvalue weighted by Crippen LogP contribution is 2.32. The molecule has 2 aromatic carbocycles. The quantitative estimate of drug-likeness (QED) is 0.623. The van der Waals surface area contributed by atoms with Gasteiger partial charge in [-0.05, 0) is 24.3 Å². The second-order valence-electron chi connectivity index (χ2n) is 5.70. The molecule has 0 aliphatic carbocycles. The van der Waals surface area contributed by atoms with Gasteiger partial charge in [-0.25, -0.2) is 0 Å². The lowest BCUT2D eigenvalue weighted by Gasteiger charge is -2.14. The fraction of sp³-hybridized carbons (Fsp3) is 0.316. The summed E-state index contributed by atoms with van der Waals surface area (Å²) < 4.78 is 23.6. The van der Waals surface area contributed by atoms with E-state index < -0.39 is 10.8 Å². The summed E-state index contributed by atoms with van der Waals surface area (Å²) in [5.74, 6) is 2.61. The zero-order valence-corrected chi connectivity index (χ0v) is 15.6. The van der Waals surface area contributed by atoms with Crippen molar-refractivity contribution in [2.24, 2.45) is 4.99 Å². The largest absolute Gasteiger partial charge is 0.490 e. The maximum absolute atomic E-state index is 12.2. The van der Waals surface area contributed by atoms with Crippen molar-refractivity contribution >= 4 is 22.4 Å². The van der Waals surface area contributed by atoms with Gasteiger partial charge < -0.3 is 20.1 Å². The molecule has 1 atom stereocenters. The van der Waals surface area contributed by atoms with Crippen molar-refractivity contribution in [1.29, 1.82) is 0 Å². The summed E-state index contributed by atoms with van der Waals surface area (Å²) in [4.78, 5) is 5.04. The second kappa shape index (κ2) is 9.24. The minimum Gasteiger partial charge on any atom is -0.490 e. The molecule has 1 aliphatic rings. The van der Waals surface area contributed by atoms with Crippen molar-refractivity contribution in [3.8, 4) is 11.5 Å². The monoisotopic (exact) mass is 373 g/mol. The summed E-state index contributed by atoms with van der Waals surface area (Å²) in [6.45, 7) is 1.86. The van der Waals surface area contributed by atoms with Gasteiger partial charge in [0.05, 0.1) is 24.0 Å². The Bertz CT molecular complexity index is 781. The van der Waals surface area contributed by atoms with Crippen LogP contribution in [0.5, 0.6) is 11.5 Å². The first-order chi connectivity index (χ1) is 12.8. The number of nitrogens with one attached hydrogen (secondary N) is 2. The van der Waals surface area contributed by atoms with Crippen LogP contribution in [-0.4, -0.2) is 42.7 Å². The minimum absolute atomic E-state index is 0.506. The van der Waals surface area contributed by atoms with Crippen molar-refractivity contribution in [2.45, 2.75) is 11.3 Å². The highest BCUT2D eigenvalue weighted by atomic mass is 32.2. The predicted octanol–water partition coefficient (Wildman–Crippen LogP) is 2.64. The van der Waals surface area contributed by atoms with E-state index in [1.165, 1.54) is 0 Å². The summed E-state index contributed by atoms with van der Waals surface area (Å²) in [6, 6.07) is 15.2. The number of nitrogens with zero attached hydrogens (tertiary/aromatic N) is 1.